The number of nitrogens with zero attached hydrogens (tertiary/aromatic N) is 2. The van der Waals surface area contributed by atoms with Crippen LogP contribution in [-0.4, -0.2) is 23.8 Å². The van der Waals surface area contributed by atoms with Crippen molar-refractivity contribution in [3.8, 4) is 0 Å². The highest BCUT2D eigenvalue weighted by atomic mass is 19.4. The van der Waals surface area contributed by atoms with Gasteiger partial charge in [-0.3, -0.25) is 9.79 Å². The van der Waals surface area contributed by atoms with Gasteiger partial charge in [0.15, 0.2) is 0 Å². The van der Waals surface area contributed by atoms with Crippen molar-refractivity contribution in [1.29, 1.82) is 0 Å². The van der Waals surface area contributed by atoms with Gasteiger partial charge < -0.3 is 5.32 Å². The summed E-state index contributed by atoms with van der Waals surface area (Å²) in [4.78, 5) is 21.2. The van der Waals surface area contributed by atoms with E-state index in [-0.39, 0.29) is 23.4 Å². The van der Waals surface area contributed by atoms with Gasteiger partial charge in [-0.1, -0.05) is 30.3 Å². The molecule has 0 unspecified atom stereocenters. The van der Waals surface area contributed by atoms with E-state index in [1.807, 2.05) is 6.07 Å². The number of halogens is 3. The number of fused-ring (bicyclic) bond motifs is 1. The zero-order chi connectivity index (χ0) is 18.5. The molecular formula is C19H16F3N3O. The number of hydrogen-bond donors (Lipinski definition) is 1. The number of pyridine rings is 1. The molecule has 1 saturated carbocycles. The second kappa shape index (κ2) is 5.65. The number of nitrogens with one attached hydrogen (secondary N) is 1. The summed E-state index contributed by atoms with van der Waals surface area (Å²) in [6, 6.07) is 11.2. The maximum absolute atomic E-state index is 13.3. The lowest BCUT2D eigenvalue weighted by atomic mass is 9.69. The van der Waals surface area contributed by atoms with E-state index >= 15 is 0 Å². The smallest absolute Gasteiger partial charge is 0.309 e. The molecule has 1 amide bonds. The number of hydrogen-bond acceptors (Lipinski definition) is 3. The van der Waals surface area contributed by atoms with Gasteiger partial charge in [0.1, 0.15) is 16.9 Å². The van der Waals surface area contributed by atoms with Gasteiger partial charge in [-0.25, -0.2) is 4.98 Å². The molecule has 7 heteroatoms. The van der Waals surface area contributed by atoms with E-state index in [1.54, 1.807) is 24.3 Å². The third-order valence-corrected chi connectivity index (χ3v) is 5.05. The number of aromatic nitrogens is 1. The Kier molecular flexibility index (Phi) is 3.64. The summed E-state index contributed by atoms with van der Waals surface area (Å²) >= 11 is 0. The summed E-state index contributed by atoms with van der Waals surface area (Å²) in [5, 5.41) is 2.78. The molecule has 2 aromatic rings. The van der Waals surface area contributed by atoms with E-state index in [4.69, 9.17) is 0 Å². The SMILES string of the molecule is CN=C1NC(=O)[C@](c2ccccc2)(C2CC2)c2nc(C(F)(F)F)ccc21. The van der Waals surface area contributed by atoms with Crippen LogP contribution < -0.4 is 5.32 Å². The Morgan fingerprint density at radius 2 is 1.85 bits per heavy atom. The molecule has 0 bridgehead atoms. The fourth-order valence-corrected chi connectivity index (χ4v) is 3.77. The number of amides is 1. The molecule has 1 aromatic heterocycles. The Hall–Kier alpha value is -2.70. The van der Waals surface area contributed by atoms with E-state index in [9.17, 15) is 18.0 Å². The molecule has 2 aliphatic rings. The van der Waals surface area contributed by atoms with Gasteiger partial charge in [-0.05, 0) is 36.5 Å². The number of alkyl halides is 3. The first-order valence-electron chi connectivity index (χ1n) is 8.32. The molecule has 0 spiro atoms. The Bertz CT molecular complexity index is 904. The van der Waals surface area contributed by atoms with Crippen LogP contribution in [0.3, 0.4) is 0 Å². The fraction of sp³-hybridized carbons (Fsp3) is 0.316. The Balaban J connectivity index is 2.06. The maximum atomic E-state index is 13.3. The van der Waals surface area contributed by atoms with Crippen LogP contribution in [0, 0.1) is 5.92 Å². The zero-order valence-corrected chi connectivity index (χ0v) is 14.0. The first kappa shape index (κ1) is 16.8. The monoisotopic (exact) mass is 359 g/mol. The number of amidine groups is 1. The molecule has 1 aliphatic carbocycles. The Labute approximate surface area is 148 Å². The summed E-state index contributed by atoms with van der Waals surface area (Å²) in [6.45, 7) is 0. The average molecular weight is 359 g/mol. The molecule has 1 aliphatic heterocycles. The van der Waals surface area contributed by atoms with Gasteiger partial charge in [-0.15, -0.1) is 0 Å². The quantitative estimate of drug-likeness (QED) is 0.895. The molecule has 0 saturated heterocycles. The van der Waals surface area contributed by atoms with Gasteiger partial charge in [0.05, 0.1) is 5.69 Å². The highest BCUT2D eigenvalue weighted by Gasteiger charge is 2.58. The Morgan fingerprint density at radius 1 is 1.15 bits per heavy atom. The van der Waals surface area contributed by atoms with E-state index in [0.29, 0.717) is 11.1 Å². The molecule has 2 heterocycles. The molecule has 1 atom stereocenters. The average Bonchev–Trinajstić information content (AvgIpc) is 3.46. The van der Waals surface area contributed by atoms with Crippen LogP contribution in [0.5, 0.6) is 0 Å². The normalized spacial score (nSPS) is 24.3. The molecule has 134 valence electrons. The van der Waals surface area contributed by atoms with E-state index in [1.165, 1.54) is 13.1 Å². The Morgan fingerprint density at radius 3 is 2.42 bits per heavy atom. The molecule has 1 N–H and O–H groups in total. The second-order valence-corrected chi connectivity index (χ2v) is 6.57. The number of carbonyl (C=O) groups is 1. The predicted octanol–water partition coefficient (Wildman–Crippen LogP) is 3.30. The van der Waals surface area contributed by atoms with Crippen molar-refractivity contribution in [2.45, 2.75) is 24.4 Å². The lowest BCUT2D eigenvalue weighted by Gasteiger charge is -2.38. The highest BCUT2D eigenvalue weighted by molar-refractivity contribution is 6.16. The summed E-state index contributed by atoms with van der Waals surface area (Å²) in [6.07, 6.45) is -3.06. The fourth-order valence-electron chi connectivity index (χ4n) is 3.77. The molecule has 1 fully saturated rings. The van der Waals surface area contributed by atoms with Crippen molar-refractivity contribution in [3.63, 3.8) is 0 Å². The largest absolute Gasteiger partial charge is 0.433 e. The predicted molar refractivity (Wildman–Crippen MR) is 89.8 cm³/mol. The van der Waals surface area contributed by atoms with Crippen molar-refractivity contribution in [1.82, 2.24) is 10.3 Å². The van der Waals surface area contributed by atoms with Crippen LogP contribution in [0.1, 0.15) is 35.4 Å². The van der Waals surface area contributed by atoms with Crippen LogP contribution in [-0.2, 0) is 16.4 Å². The van der Waals surface area contributed by atoms with E-state index in [0.717, 1.165) is 18.9 Å². The third kappa shape index (κ3) is 2.34. The van der Waals surface area contributed by atoms with Crippen molar-refractivity contribution >= 4 is 11.7 Å². The summed E-state index contributed by atoms with van der Waals surface area (Å²) in [5.41, 5.74) is -0.988. The van der Waals surface area contributed by atoms with Gasteiger partial charge in [0, 0.05) is 12.6 Å². The minimum atomic E-state index is -4.58. The molecule has 26 heavy (non-hydrogen) atoms. The van der Waals surface area contributed by atoms with E-state index < -0.39 is 17.3 Å². The molecule has 4 rings (SSSR count). The zero-order valence-electron chi connectivity index (χ0n) is 14.0. The number of rotatable bonds is 2. The molecule has 0 radical (unpaired) electrons. The molecule has 1 aromatic carbocycles. The lowest BCUT2D eigenvalue weighted by molar-refractivity contribution is -0.141. The number of aliphatic imine (C=N–C) groups is 1. The van der Waals surface area contributed by atoms with Gasteiger partial charge >= 0.3 is 6.18 Å². The summed E-state index contributed by atoms with van der Waals surface area (Å²) in [7, 11) is 1.49. The summed E-state index contributed by atoms with van der Waals surface area (Å²) < 4.78 is 39.9. The number of carbonyl (C=O) groups excluding carboxylic acids is 1. The van der Waals surface area contributed by atoms with Crippen molar-refractivity contribution in [3.05, 3.63) is 65.0 Å². The maximum Gasteiger partial charge on any atom is 0.433 e. The highest BCUT2D eigenvalue weighted by Crippen LogP contribution is 2.53. The topological polar surface area (TPSA) is 54.4 Å². The van der Waals surface area contributed by atoms with Gasteiger partial charge in [-0.2, -0.15) is 13.2 Å². The van der Waals surface area contributed by atoms with Crippen LogP contribution in [0.25, 0.3) is 0 Å². The van der Waals surface area contributed by atoms with Crippen LogP contribution in [0.2, 0.25) is 0 Å². The van der Waals surface area contributed by atoms with Gasteiger partial charge in [0.25, 0.3) is 0 Å². The number of benzene rings is 1. The third-order valence-electron chi connectivity index (χ3n) is 5.05. The first-order chi connectivity index (χ1) is 12.4. The minimum absolute atomic E-state index is 0.0851. The van der Waals surface area contributed by atoms with Gasteiger partial charge in [0.2, 0.25) is 5.91 Å². The molecular weight excluding hydrogens is 343 g/mol. The lowest BCUT2D eigenvalue weighted by Crippen LogP contribution is -2.55. The first-order valence-corrected chi connectivity index (χ1v) is 8.32. The standard InChI is InChI=1S/C19H16F3N3O/c1-23-16-13-9-10-14(19(20,21)22)24-15(13)18(12-7-8-12,17(26)25-16)11-5-3-2-4-6-11/h2-6,9-10,12H,7-8H2,1H3,(H,23,25,26)/t18-/m1/s1. The molecule has 4 nitrogen and oxygen atoms in total. The van der Waals surface area contributed by atoms with E-state index in [2.05, 4.69) is 15.3 Å². The van der Waals surface area contributed by atoms with Crippen molar-refractivity contribution < 1.29 is 18.0 Å². The summed E-state index contributed by atoms with van der Waals surface area (Å²) in [5.74, 6) is -0.206. The minimum Gasteiger partial charge on any atom is -0.309 e. The second-order valence-electron chi connectivity index (χ2n) is 6.57. The van der Waals surface area contributed by atoms with Crippen molar-refractivity contribution in [2.75, 3.05) is 7.05 Å². The van der Waals surface area contributed by atoms with Crippen LogP contribution in [0.4, 0.5) is 13.2 Å². The van der Waals surface area contributed by atoms with Crippen LogP contribution >= 0.6 is 0 Å². The van der Waals surface area contributed by atoms with Crippen LogP contribution in [0.15, 0.2) is 47.5 Å². The van der Waals surface area contributed by atoms with Crippen molar-refractivity contribution in [2.24, 2.45) is 10.9 Å².